The van der Waals surface area contributed by atoms with Gasteiger partial charge in [-0.3, -0.25) is 9.69 Å². The van der Waals surface area contributed by atoms with E-state index in [0.29, 0.717) is 6.04 Å². The van der Waals surface area contributed by atoms with E-state index in [-0.39, 0.29) is 11.8 Å². The molecule has 1 aliphatic heterocycles. The molecule has 0 spiro atoms. The number of hydrogen-bond donors (Lipinski definition) is 1. The fourth-order valence-corrected chi connectivity index (χ4v) is 2.88. The zero-order valence-electron chi connectivity index (χ0n) is 11.9. The van der Waals surface area contributed by atoms with Crippen LogP contribution in [0, 0.1) is 5.41 Å². The molecule has 0 amide bonds. The molecule has 0 aromatic carbocycles. The van der Waals surface area contributed by atoms with Gasteiger partial charge in [0.05, 0.1) is 0 Å². The molecule has 1 aliphatic rings. The van der Waals surface area contributed by atoms with Crippen LogP contribution in [0.1, 0.15) is 26.7 Å². The van der Waals surface area contributed by atoms with Crippen molar-refractivity contribution in [1.29, 1.82) is 0 Å². The minimum atomic E-state index is -0.706. The Kier molecular flexibility index (Phi) is 5.35. The first kappa shape index (κ1) is 15.2. The Bertz CT molecular complexity index is 302. The average molecular weight is 254 g/mol. The van der Waals surface area contributed by atoms with Gasteiger partial charge in [-0.2, -0.15) is 0 Å². The molecule has 104 valence electrons. The Morgan fingerprint density at radius 3 is 2.72 bits per heavy atom. The van der Waals surface area contributed by atoms with Gasteiger partial charge in [0.15, 0.2) is 0 Å². The molecule has 1 N–H and O–H groups in total. The van der Waals surface area contributed by atoms with Crippen molar-refractivity contribution in [3.05, 3.63) is 12.7 Å². The lowest BCUT2D eigenvalue weighted by Crippen LogP contribution is -2.39. The van der Waals surface area contributed by atoms with Crippen molar-refractivity contribution in [3.8, 4) is 0 Å². The first-order valence-corrected chi connectivity index (χ1v) is 6.59. The van der Waals surface area contributed by atoms with Crippen LogP contribution in [0.15, 0.2) is 12.7 Å². The second-order valence-electron chi connectivity index (χ2n) is 6.15. The summed E-state index contributed by atoms with van der Waals surface area (Å²) in [5.74, 6) is -0.706. The van der Waals surface area contributed by atoms with Gasteiger partial charge in [0, 0.05) is 38.6 Å². The van der Waals surface area contributed by atoms with Gasteiger partial charge in [-0.1, -0.05) is 19.9 Å². The van der Waals surface area contributed by atoms with Crippen LogP contribution in [0.4, 0.5) is 0 Å². The molecule has 4 heteroatoms. The van der Waals surface area contributed by atoms with Gasteiger partial charge in [0.2, 0.25) is 0 Å². The number of hydrogen-bond acceptors (Lipinski definition) is 3. The highest BCUT2D eigenvalue weighted by molar-refractivity contribution is 5.66. The third-order valence-corrected chi connectivity index (χ3v) is 3.50. The first-order chi connectivity index (χ1) is 8.34. The molecule has 1 rings (SSSR count). The highest BCUT2D eigenvalue weighted by atomic mass is 16.4. The summed E-state index contributed by atoms with van der Waals surface area (Å²) >= 11 is 0. The zero-order chi connectivity index (χ0) is 13.8. The van der Waals surface area contributed by atoms with E-state index in [4.69, 9.17) is 5.11 Å². The quantitative estimate of drug-likeness (QED) is 0.758. The summed E-state index contributed by atoms with van der Waals surface area (Å²) in [7, 11) is 2.10. The topological polar surface area (TPSA) is 43.8 Å². The lowest BCUT2D eigenvalue weighted by atomic mass is 9.92. The zero-order valence-corrected chi connectivity index (χ0v) is 11.9. The van der Waals surface area contributed by atoms with E-state index in [0.717, 1.165) is 32.6 Å². The molecule has 1 heterocycles. The maximum atomic E-state index is 10.7. The summed E-state index contributed by atoms with van der Waals surface area (Å²) in [6, 6.07) is 0.322. The molecule has 1 atom stereocenters. The van der Waals surface area contributed by atoms with Gasteiger partial charge in [0.1, 0.15) is 0 Å². The Labute approximate surface area is 110 Å². The standard InChI is InChI=1S/C14H26N2O2/c1-5-8-16-9-12(6-7-13(17)18)15(4)10-14(2,3)11-16/h5,12H,1,6-11H2,2-4H3,(H,17,18). The second kappa shape index (κ2) is 6.34. The molecule has 0 aromatic rings. The molecule has 0 saturated carbocycles. The number of carbonyl (C=O) groups is 1. The lowest BCUT2D eigenvalue weighted by Gasteiger charge is -2.30. The second-order valence-corrected chi connectivity index (χ2v) is 6.15. The third-order valence-electron chi connectivity index (χ3n) is 3.50. The number of carboxylic acids is 1. The van der Waals surface area contributed by atoms with E-state index in [1.54, 1.807) is 0 Å². The van der Waals surface area contributed by atoms with Crippen LogP contribution in [-0.4, -0.2) is 60.1 Å². The SMILES string of the molecule is C=CCN1CC(CCC(=O)O)N(C)CC(C)(C)C1. The summed E-state index contributed by atoms with van der Waals surface area (Å²) in [5.41, 5.74) is 0.232. The molecule has 0 aliphatic carbocycles. The third kappa shape index (κ3) is 4.78. The van der Waals surface area contributed by atoms with Crippen LogP contribution in [0.5, 0.6) is 0 Å². The smallest absolute Gasteiger partial charge is 0.303 e. The normalized spacial score (nSPS) is 25.6. The number of likely N-dealkylation sites (N-methyl/N-ethyl adjacent to an activating group) is 1. The highest BCUT2D eigenvalue weighted by Crippen LogP contribution is 2.25. The summed E-state index contributed by atoms with van der Waals surface area (Å²) in [5, 5.41) is 8.82. The number of aliphatic carboxylic acids is 1. The minimum absolute atomic E-state index is 0.232. The van der Waals surface area contributed by atoms with Crippen LogP contribution in [-0.2, 0) is 4.79 Å². The van der Waals surface area contributed by atoms with E-state index in [2.05, 4.69) is 37.3 Å². The summed E-state index contributed by atoms with van der Waals surface area (Å²) < 4.78 is 0. The summed E-state index contributed by atoms with van der Waals surface area (Å²) in [4.78, 5) is 15.4. The molecular formula is C14H26N2O2. The van der Waals surface area contributed by atoms with E-state index in [1.807, 2.05) is 6.08 Å². The van der Waals surface area contributed by atoms with E-state index in [9.17, 15) is 4.79 Å². The van der Waals surface area contributed by atoms with Gasteiger partial charge in [-0.15, -0.1) is 6.58 Å². The lowest BCUT2D eigenvalue weighted by molar-refractivity contribution is -0.137. The number of carboxylic acid groups (broad SMARTS) is 1. The van der Waals surface area contributed by atoms with Crippen LogP contribution in [0.25, 0.3) is 0 Å². The predicted molar refractivity (Wildman–Crippen MR) is 73.7 cm³/mol. The molecule has 1 fully saturated rings. The summed E-state index contributed by atoms with van der Waals surface area (Å²) in [6.45, 7) is 12.2. The van der Waals surface area contributed by atoms with Crippen molar-refractivity contribution >= 4 is 5.97 Å². The summed E-state index contributed by atoms with van der Waals surface area (Å²) in [6.07, 6.45) is 2.89. The van der Waals surface area contributed by atoms with Crippen LogP contribution in [0.2, 0.25) is 0 Å². The van der Waals surface area contributed by atoms with Gasteiger partial charge in [-0.05, 0) is 18.9 Å². The van der Waals surface area contributed by atoms with E-state index < -0.39 is 5.97 Å². The number of nitrogens with zero attached hydrogens (tertiary/aromatic N) is 2. The highest BCUT2D eigenvalue weighted by Gasteiger charge is 2.31. The Morgan fingerprint density at radius 1 is 1.50 bits per heavy atom. The van der Waals surface area contributed by atoms with Gasteiger partial charge in [0.25, 0.3) is 0 Å². The van der Waals surface area contributed by atoms with Crippen LogP contribution < -0.4 is 0 Å². The van der Waals surface area contributed by atoms with Crippen molar-refractivity contribution < 1.29 is 9.90 Å². The van der Waals surface area contributed by atoms with Gasteiger partial charge < -0.3 is 10.0 Å². The van der Waals surface area contributed by atoms with E-state index in [1.165, 1.54) is 0 Å². The molecule has 18 heavy (non-hydrogen) atoms. The minimum Gasteiger partial charge on any atom is -0.481 e. The monoisotopic (exact) mass is 254 g/mol. The molecule has 4 nitrogen and oxygen atoms in total. The molecule has 0 radical (unpaired) electrons. The Morgan fingerprint density at radius 2 is 2.17 bits per heavy atom. The molecule has 1 unspecified atom stereocenters. The maximum Gasteiger partial charge on any atom is 0.303 e. The first-order valence-electron chi connectivity index (χ1n) is 6.59. The predicted octanol–water partition coefficient (Wildman–Crippen LogP) is 1.68. The Hall–Kier alpha value is -0.870. The fraction of sp³-hybridized carbons (Fsp3) is 0.786. The molecular weight excluding hydrogens is 228 g/mol. The van der Waals surface area contributed by atoms with Crippen molar-refractivity contribution in [1.82, 2.24) is 9.80 Å². The largest absolute Gasteiger partial charge is 0.481 e. The molecule has 0 bridgehead atoms. The van der Waals surface area contributed by atoms with Crippen molar-refractivity contribution in [2.45, 2.75) is 32.7 Å². The van der Waals surface area contributed by atoms with E-state index >= 15 is 0 Å². The van der Waals surface area contributed by atoms with Crippen LogP contribution >= 0.6 is 0 Å². The average Bonchev–Trinajstić information content (AvgIpc) is 2.31. The van der Waals surface area contributed by atoms with Crippen molar-refractivity contribution in [3.63, 3.8) is 0 Å². The molecule has 0 aromatic heterocycles. The fourth-order valence-electron chi connectivity index (χ4n) is 2.88. The number of rotatable bonds is 5. The van der Waals surface area contributed by atoms with Crippen molar-refractivity contribution in [2.75, 3.05) is 33.2 Å². The molecule has 1 saturated heterocycles. The van der Waals surface area contributed by atoms with Crippen molar-refractivity contribution in [2.24, 2.45) is 5.41 Å². The Balaban J connectivity index is 2.70. The van der Waals surface area contributed by atoms with Gasteiger partial charge >= 0.3 is 5.97 Å². The van der Waals surface area contributed by atoms with Gasteiger partial charge in [-0.25, -0.2) is 0 Å². The maximum absolute atomic E-state index is 10.7. The van der Waals surface area contributed by atoms with Crippen LogP contribution in [0.3, 0.4) is 0 Å².